The van der Waals surface area contributed by atoms with Crippen LogP contribution in [-0.4, -0.2) is 14.3 Å². The quantitative estimate of drug-likeness (QED) is 0.516. The van der Waals surface area contributed by atoms with E-state index in [-0.39, 0.29) is 22.0 Å². The number of carbonyl (C=O) groups is 1. The molecule has 0 spiro atoms. The predicted molar refractivity (Wildman–Crippen MR) is 106 cm³/mol. The normalized spacial score (nSPS) is 11.9. The summed E-state index contributed by atoms with van der Waals surface area (Å²) >= 11 is 5.72. The van der Waals surface area contributed by atoms with Gasteiger partial charge in [0.1, 0.15) is 5.82 Å². The minimum absolute atomic E-state index is 0.0108. The predicted octanol–water partition coefficient (Wildman–Crippen LogP) is 5.26. The van der Waals surface area contributed by atoms with Gasteiger partial charge in [-0.1, -0.05) is 29.8 Å². The van der Waals surface area contributed by atoms with Crippen LogP contribution in [0.25, 0.3) is 0 Å². The van der Waals surface area contributed by atoms with Gasteiger partial charge in [0.05, 0.1) is 15.4 Å². The molecule has 0 saturated carbocycles. The number of halogens is 5. The molecule has 0 heterocycles. The van der Waals surface area contributed by atoms with Crippen molar-refractivity contribution in [1.29, 1.82) is 0 Å². The van der Waals surface area contributed by atoms with Crippen LogP contribution in [0.1, 0.15) is 21.5 Å². The molecule has 4 nitrogen and oxygen atoms in total. The molecule has 0 fully saturated rings. The molecule has 1 amide bonds. The maximum atomic E-state index is 13.4. The Morgan fingerprint density at radius 1 is 0.935 bits per heavy atom. The fourth-order valence-corrected chi connectivity index (χ4v) is 4.26. The summed E-state index contributed by atoms with van der Waals surface area (Å²) in [6, 6.07) is 12.1. The smallest absolute Gasteiger partial charge is 0.348 e. The van der Waals surface area contributed by atoms with Gasteiger partial charge in [-0.15, -0.1) is 0 Å². The highest BCUT2D eigenvalue weighted by Crippen LogP contribution is 2.32. The third-order valence-corrected chi connectivity index (χ3v) is 6.27. The summed E-state index contributed by atoms with van der Waals surface area (Å²) in [5, 5.41) is 2.61. The van der Waals surface area contributed by atoms with Crippen molar-refractivity contribution in [3.05, 3.63) is 94.3 Å². The number of hydrogen-bond donors (Lipinski definition) is 1. The first-order chi connectivity index (χ1) is 14.5. The SMILES string of the molecule is O=C(NCc1ccc(S(=O)(=O)c2cccc(C(F)(F)F)c2)cc1)c1cc(F)cc(Cl)c1. The van der Waals surface area contributed by atoms with E-state index in [1.807, 2.05) is 0 Å². The number of rotatable bonds is 5. The van der Waals surface area contributed by atoms with Crippen LogP contribution in [0, 0.1) is 5.82 Å². The Hall–Kier alpha value is -2.91. The van der Waals surface area contributed by atoms with Crippen molar-refractivity contribution in [3.63, 3.8) is 0 Å². The molecule has 1 N–H and O–H groups in total. The lowest BCUT2D eigenvalue weighted by Gasteiger charge is -2.10. The molecule has 3 aromatic rings. The highest BCUT2D eigenvalue weighted by molar-refractivity contribution is 7.91. The Labute approximate surface area is 180 Å². The maximum absolute atomic E-state index is 13.4. The first-order valence-electron chi connectivity index (χ1n) is 8.72. The van der Waals surface area contributed by atoms with E-state index < -0.39 is 38.2 Å². The second kappa shape index (κ2) is 8.68. The van der Waals surface area contributed by atoms with Gasteiger partial charge in [-0.2, -0.15) is 13.2 Å². The van der Waals surface area contributed by atoms with Crippen molar-refractivity contribution >= 4 is 27.3 Å². The largest absolute Gasteiger partial charge is 0.416 e. The fourth-order valence-electron chi connectivity index (χ4n) is 2.73. The molecule has 0 saturated heterocycles. The molecule has 0 unspecified atom stereocenters. The second-order valence-electron chi connectivity index (χ2n) is 6.51. The minimum atomic E-state index is -4.67. The summed E-state index contributed by atoms with van der Waals surface area (Å²) in [4.78, 5) is 11.4. The van der Waals surface area contributed by atoms with Crippen molar-refractivity contribution < 1.29 is 30.8 Å². The monoisotopic (exact) mass is 471 g/mol. The first-order valence-corrected chi connectivity index (χ1v) is 10.6. The lowest BCUT2D eigenvalue weighted by atomic mass is 10.2. The third-order valence-electron chi connectivity index (χ3n) is 4.28. The lowest BCUT2D eigenvalue weighted by molar-refractivity contribution is -0.137. The van der Waals surface area contributed by atoms with E-state index in [0.717, 1.165) is 30.3 Å². The van der Waals surface area contributed by atoms with Crippen LogP contribution in [0.5, 0.6) is 0 Å². The number of hydrogen-bond acceptors (Lipinski definition) is 3. The number of benzene rings is 3. The van der Waals surface area contributed by atoms with E-state index in [1.54, 1.807) is 0 Å². The molecule has 3 aromatic carbocycles. The number of carbonyl (C=O) groups excluding carboxylic acids is 1. The fraction of sp³-hybridized carbons (Fsp3) is 0.0952. The van der Waals surface area contributed by atoms with Crippen LogP contribution in [0.4, 0.5) is 17.6 Å². The van der Waals surface area contributed by atoms with Crippen LogP contribution in [-0.2, 0) is 22.6 Å². The standard InChI is InChI=1S/C21H14ClF4NO3S/c22-16-8-14(9-17(23)11-16)20(28)27-12-13-4-6-18(7-5-13)31(29,30)19-3-1-2-15(10-19)21(24,25)26/h1-11H,12H2,(H,27,28). The van der Waals surface area contributed by atoms with Gasteiger partial charge < -0.3 is 5.32 Å². The maximum Gasteiger partial charge on any atom is 0.416 e. The Morgan fingerprint density at radius 3 is 2.23 bits per heavy atom. The molecule has 162 valence electrons. The number of alkyl halides is 3. The molecule has 0 aliphatic rings. The molecule has 0 radical (unpaired) electrons. The number of nitrogens with one attached hydrogen (secondary N) is 1. The summed E-state index contributed by atoms with van der Waals surface area (Å²) in [7, 11) is -4.17. The Bertz CT molecular complexity index is 1210. The van der Waals surface area contributed by atoms with Crippen molar-refractivity contribution in [2.45, 2.75) is 22.5 Å². The van der Waals surface area contributed by atoms with Crippen molar-refractivity contribution in [3.8, 4) is 0 Å². The van der Waals surface area contributed by atoms with E-state index in [9.17, 15) is 30.8 Å². The molecular weight excluding hydrogens is 458 g/mol. The third kappa shape index (κ3) is 5.42. The van der Waals surface area contributed by atoms with E-state index in [0.29, 0.717) is 11.6 Å². The van der Waals surface area contributed by atoms with Crippen LogP contribution in [0.3, 0.4) is 0 Å². The van der Waals surface area contributed by atoms with Gasteiger partial charge in [-0.25, -0.2) is 12.8 Å². The van der Waals surface area contributed by atoms with Crippen LogP contribution >= 0.6 is 11.6 Å². The van der Waals surface area contributed by atoms with Gasteiger partial charge in [0, 0.05) is 17.1 Å². The second-order valence-corrected chi connectivity index (χ2v) is 8.90. The Kier molecular flexibility index (Phi) is 6.38. The van der Waals surface area contributed by atoms with Gasteiger partial charge in [-0.3, -0.25) is 4.79 Å². The molecule has 10 heteroatoms. The summed E-state index contributed by atoms with van der Waals surface area (Å²) in [5.41, 5.74) is -0.516. The molecule has 0 aromatic heterocycles. The van der Waals surface area contributed by atoms with Crippen molar-refractivity contribution in [2.24, 2.45) is 0 Å². The number of amides is 1. The average molecular weight is 472 g/mol. The highest BCUT2D eigenvalue weighted by atomic mass is 35.5. The molecule has 3 rings (SSSR count). The topological polar surface area (TPSA) is 63.2 Å². The van der Waals surface area contributed by atoms with Gasteiger partial charge in [0.15, 0.2) is 0 Å². The molecule has 0 aliphatic heterocycles. The summed E-state index contributed by atoms with van der Waals surface area (Å²) in [5.74, 6) is -1.25. The van der Waals surface area contributed by atoms with Gasteiger partial charge >= 0.3 is 6.18 Å². The summed E-state index contributed by atoms with van der Waals surface area (Å²) in [6.07, 6.45) is -4.67. The van der Waals surface area contributed by atoms with E-state index in [2.05, 4.69) is 5.32 Å². The molecular formula is C21H14ClF4NO3S. The van der Waals surface area contributed by atoms with Gasteiger partial charge in [0.25, 0.3) is 5.91 Å². The van der Waals surface area contributed by atoms with E-state index >= 15 is 0 Å². The van der Waals surface area contributed by atoms with Crippen molar-refractivity contribution in [1.82, 2.24) is 5.32 Å². The Balaban J connectivity index is 1.74. The molecule has 0 bridgehead atoms. The minimum Gasteiger partial charge on any atom is -0.348 e. The highest BCUT2D eigenvalue weighted by Gasteiger charge is 2.32. The van der Waals surface area contributed by atoms with Crippen LogP contribution in [0.2, 0.25) is 5.02 Å². The van der Waals surface area contributed by atoms with Crippen LogP contribution < -0.4 is 5.32 Å². The van der Waals surface area contributed by atoms with E-state index in [4.69, 9.17) is 11.6 Å². The molecule has 31 heavy (non-hydrogen) atoms. The average Bonchev–Trinajstić information content (AvgIpc) is 2.71. The Morgan fingerprint density at radius 2 is 1.61 bits per heavy atom. The molecule has 0 aliphatic carbocycles. The first kappa shape index (κ1) is 22.8. The summed E-state index contributed by atoms with van der Waals surface area (Å²) in [6.45, 7) is 0.0108. The lowest BCUT2D eigenvalue weighted by Crippen LogP contribution is -2.22. The molecule has 0 atom stereocenters. The van der Waals surface area contributed by atoms with Crippen molar-refractivity contribution in [2.75, 3.05) is 0 Å². The zero-order valence-corrected chi connectivity index (χ0v) is 17.2. The van der Waals surface area contributed by atoms with Gasteiger partial charge in [0.2, 0.25) is 9.84 Å². The zero-order valence-electron chi connectivity index (χ0n) is 15.6. The van der Waals surface area contributed by atoms with Gasteiger partial charge in [-0.05, 0) is 54.1 Å². The van der Waals surface area contributed by atoms with E-state index in [1.165, 1.54) is 30.3 Å². The number of sulfone groups is 1. The summed E-state index contributed by atoms with van der Waals surface area (Å²) < 4.78 is 77.3. The van der Waals surface area contributed by atoms with Crippen LogP contribution in [0.15, 0.2) is 76.5 Å². The zero-order chi connectivity index (χ0) is 22.8.